The first kappa shape index (κ1) is 19.8. The number of carbonyl (C=O) groups is 2. The van der Waals surface area contributed by atoms with Crippen LogP contribution in [0.15, 0.2) is 54.7 Å². The second kappa shape index (κ2) is 8.19. The minimum absolute atomic E-state index is 0.379. The number of piperidine rings is 1. The number of hydrogen-bond acceptors (Lipinski definition) is 3. The lowest BCUT2D eigenvalue weighted by Gasteiger charge is -2.45. The normalized spacial score (nSPS) is 22.7. The molecule has 0 radical (unpaired) electrons. The molecule has 2 aromatic carbocycles. The highest BCUT2D eigenvalue weighted by molar-refractivity contribution is 6.04. The number of nitrogens with zero attached hydrogens (tertiary/aromatic N) is 1. The van der Waals surface area contributed by atoms with Gasteiger partial charge in [0.15, 0.2) is 0 Å². The molecule has 5 rings (SSSR count). The van der Waals surface area contributed by atoms with Crippen LogP contribution in [-0.4, -0.2) is 48.0 Å². The number of carbonyl (C=O) groups excluding carboxylic acids is 2. The lowest BCUT2D eigenvalue weighted by Crippen LogP contribution is -2.48. The summed E-state index contributed by atoms with van der Waals surface area (Å²) in [5, 5.41) is 6.67. The quantitative estimate of drug-likeness (QED) is 0.608. The zero-order valence-electron chi connectivity index (χ0n) is 17.7. The van der Waals surface area contributed by atoms with E-state index in [0.29, 0.717) is 30.0 Å². The largest absolute Gasteiger partial charge is 0.361 e. The van der Waals surface area contributed by atoms with Crippen molar-refractivity contribution in [2.45, 2.75) is 31.2 Å². The van der Waals surface area contributed by atoms with Gasteiger partial charge in [0, 0.05) is 47.7 Å². The summed E-state index contributed by atoms with van der Waals surface area (Å²) in [6, 6.07) is 15.5. The van der Waals surface area contributed by atoms with Gasteiger partial charge < -0.3 is 15.2 Å². The van der Waals surface area contributed by atoms with Crippen molar-refractivity contribution in [1.82, 2.24) is 20.5 Å². The van der Waals surface area contributed by atoms with Gasteiger partial charge in [-0.2, -0.15) is 0 Å². The number of hydrogen-bond donors (Lipinski definition) is 3. The van der Waals surface area contributed by atoms with Gasteiger partial charge in [-0.3, -0.25) is 10.1 Å². The van der Waals surface area contributed by atoms with Crippen LogP contribution in [0.3, 0.4) is 0 Å². The van der Waals surface area contributed by atoms with Crippen LogP contribution in [0.4, 0.5) is 4.79 Å². The summed E-state index contributed by atoms with van der Waals surface area (Å²) in [5.74, 6) is 0.646. The number of amides is 3. The fraction of sp³-hybridized carbons (Fsp3) is 0.360. The molecule has 2 aliphatic rings. The Labute approximate surface area is 182 Å². The summed E-state index contributed by atoms with van der Waals surface area (Å²) >= 11 is 0. The van der Waals surface area contributed by atoms with Crippen LogP contribution in [0.2, 0.25) is 0 Å². The molecule has 0 spiro atoms. The summed E-state index contributed by atoms with van der Waals surface area (Å²) in [6.07, 6.45) is 5.29. The molecule has 6 nitrogen and oxygen atoms in total. The number of aromatic amines is 1. The van der Waals surface area contributed by atoms with Gasteiger partial charge >= 0.3 is 6.03 Å². The van der Waals surface area contributed by atoms with Crippen molar-refractivity contribution in [2.75, 3.05) is 20.1 Å². The molecular weight excluding hydrogens is 388 g/mol. The van der Waals surface area contributed by atoms with Gasteiger partial charge in [0.2, 0.25) is 0 Å². The first-order valence-corrected chi connectivity index (χ1v) is 11.0. The van der Waals surface area contributed by atoms with E-state index >= 15 is 0 Å². The molecule has 1 aliphatic carbocycles. The van der Waals surface area contributed by atoms with Crippen molar-refractivity contribution < 1.29 is 9.59 Å². The second-order valence-electron chi connectivity index (χ2n) is 8.87. The minimum atomic E-state index is -0.435. The van der Waals surface area contributed by atoms with Crippen LogP contribution in [0, 0.1) is 5.92 Å². The maximum Gasteiger partial charge on any atom is 0.321 e. The number of likely N-dealkylation sites (tertiary alicyclic amines) is 1. The van der Waals surface area contributed by atoms with E-state index in [1.807, 2.05) is 6.07 Å². The number of H-pyrrole nitrogens is 1. The van der Waals surface area contributed by atoms with E-state index in [9.17, 15) is 9.59 Å². The maximum absolute atomic E-state index is 12.1. The molecule has 2 heterocycles. The molecule has 160 valence electrons. The molecule has 3 aromatic rings. The molecule has 3 N–H and O–H groups in total. The highest BCUT2D eigenvalue weighted by Crippen LogP contribution is 2.44. The lowest BCUT2D eigenvalue weighted by molar-refractivity contribution is 0.0962. The van der Waals surface area contributed by atoms with Crippen LogP contribution in [0.1, 0.15) is 40.2 Å². The third kappa shape index (κ3) is 3.83. The molecule has 1 saturated heterocycles. The van der Waals surface area contributed by atoms with Gasteiger partial charge in [-0.1, -0.05) is 30.3 Å². The average molecular weight is 417 g/mol. The molecule has 1 fully saturated rings. The summed E-state index contributed by atoms with van der Waals surface area (Å²) in [6.45, 7) is 1.59. The summed E-state index contributed by atoms with van der Waals surface area (Å²) in [5.41, 5.74) is 4.60. The van der Waals surface area contributed by atoms with Crippen molar-refractivity contribution in [3.05, 3.63) is 71.4 Å². The monoisotopic (exact) mass is 416 g/mol. The maximum atomic E-state index is 12.1. The smallest absolute Gasteiger partial charge is 0.321 e. The van der Waals surface area contributed by atoms with E-state index in [0.717, 1.165) is 25.8 Å². The molecule has 0 saturated carbocycles. The SMILES string of the molecule is CN1CC(CCNC(=O)NC(=O)c2ccccc2)C[C@@H]2c3cccc4[nH]cc(c34)C[C@H]21. The Bertz CT molecular complexity index is 1110. The standard InChI is InChI=1S/C25H28N4O2/c1-29-15-16(10-11-26-25(31)28-24(30)17-6-3-2-4-7-17)12-20-19-8-5-9-21-23(19)18(14-27-21)13-22(20)29/h2-9,14,16,20,22,27H,10-13,15H2,1H3,(H2,26,28,30,31)/t16?,20-,22-/m1/s1. The first-order valence-electron chi connectivity index (χ1n) is 11.0. The molecule has 6 heteroatoms. The van der Waals surface area contributed by atoms with Gasteiger partial charge in [-0.15, -0.1) is 0 Å². The van der Waals surface area contributed by atoms with Gasteiger partial charge in [-0.05, 0) is 61.6 Å². The number of imide groups is 1. The predicted molar refractivity (Wildman–Crippen MR) is 121 cm³/mol. The molecule has 1 unspecified atom stereocenters. The zero-order valence-corrected chi connectivity index (χ0v) is 17.7. The Morgan fingerprint density at radius 2 is 1.97 bits per heavy atom. The third-order valence-corrected chi connectivity index (χ3v) is 6.91. The zero-order chi connectivity index (χ0) is 21.4. The van der Waals surface area contributed by atoms with Crippen LogP contribution in [0.25, 0.3) is 10.9 Å². The van der Waals surface area contributed by atoms with Crippen molar-refractivity contribution in [3.8, 4) is 0 Å². The van der Waals surface area contributed by atoms with E-state index in [1.54, 1.807) is 24.3 Å². The number of likely N-dealkylation sites (N-methyl/N-ethyl adjacent to an activating group) is 1. The number of nitrogens with one attached hydrogen (secondary N) is 3. The van der Waals surface area contributed by atoms with Crippen LogP contribution >= 0.6 is 0 Å². The molecule has 1 aromatic heterocycles. The van der Waals surface area contributed by atoms with E-state index in [4.69, 9.17) is 0 Å². The Hall–Kier alpha value is -3.12. The molecule has 1 aliphatic heterocycles. The Balaban J connectivity index is 1.19. The highest BCUT2D eigenvalue weighted by atomic mass is 16.2. The van der Waals surface area contributed by atoms with E-state index < -0.39 is 6.03 Å². The Morgan fingerprint density at radius 3 is 2.81 bits per heavy atom. The van der Waals surface area contributed by atoms with Crippen molar-refractivity contribution in [3.63, 3.8) is 0 Å². The average Bonchev–Trinajstić information content (AvgIpc) is 3.19. The van der Waals surface area contributed by atoms with Gasteiger partial charge in [-0.25, -0.2) is 4.79 Å². The Kier molecular flexibility index (Phi) is 5.24. The molecule has 31 heavy (non-hydrogen) atoms. The van der Waals surface area contributed by atoms with Crippen LogP contribution in [-0.2, 0) is 6.42 Å². The number of urea groups is 1. The van der Waals surface area contributed by atoms with Gasteiger partial charge in [0.1, 0.15) is 0 Å². The van der Waals surface area contributed by atoms with Gasteiger partial charge in [0.05, 0.1) is 0 Å². The van der Waals surface area contributed by atoms with Crippen molar-refractivity contribution >= 4 is 22.8 Å². The fourth-order valence-electron chi connectivity index (χ4n) is 5.46. The van der Waals surface area contributed by atoms with Crippen molar-refractivity contribution in [1.29, 1.82) is 0 Å². The Morgan fingerprint density at radius 1 is 1.13 bits per heavy atom. The molecular formula is C25H28N4O2. The van der Waals surface area contributed by atoms with Crippen molar-refractivity contribution in [2.24, 2.45) is 5.92 Å². The topological polar surface area (TPSA) is 77.2 Å². The highest BCUT2D eigenvalue weighted by Gasteiger charge is 2.39. The first-order chi connectivity index (χ1) is 15.1. The summed E-state index contributed by atoms with van der Waals surface area (Å²) in [7, 11) is 2.22. The molecule has 3 amide bonds. The summed E-state index contributed by atoms with van der Waals surface area (Å²) in [4.78, 5) is 30.2. The van der Waals surface area contributed by atoms with E-state index in [2.05, 4.69) is 52.0 Å². The minimum Gasteiger partial charge on any atom is -0.361 e. The van der Waals surface area contributed by atoms with Gasteiger partial charge in [0.25, 0.3) is 5.91 Å². The van der Waals surface area contributed by atoms with E-state index in [-0.39, 0.29) is 5.91 Å². The lowest BCUT2D eigenvalue weighted by atomic mass is 9.72. The number of fused-ring (bicyclic) bond motifs is 2. The second-order valence-corrected chi connectivity index (χ2v) is 8.87. The third-order valence-electron chi connectivity index (χ3n) is 6.91. The number of rotatable bonds is 4. The number of benzene rings is 2. The fourth-order valence-corrected chi connectivity index (χ4v) is 5.46. The molecule has 0 bridgehead atoms. The number of aromatic nitrogens is 1. The van der Waals surface area contributed by atoms with E-state index in [1.165, 1.54) is 22.0 Å². The predicted octanol–water partition coefficient (Wildman–Crippen LogP) is 3.66. The van der Waals surface area contributed by atoms with Crippen LogP contribution < -0.4 is 10.6 Å². The van der Waals surface area contributed by atoms with Crippen LogP contribution in [0.5, 0.6) is 0 Å². The molecule has 3 atom stereocenters. The summed E-state index contributed by atoms with van der Waals surface area (Å²) < 4.78 is 0.